The van der Waals surface area contributed by atoms with Gasteiger partial charge in [0.25, 0.3) is 0 Å². The SMILES string of the molecule is CCOC(=O)C1CCN(Cc2nnnn2C2CC2)CC1. The number of hydrogen-bond acceptors (Lipinski definition) is 6. The van der Waals surface area contributed by atoms with E-state index in [4.69, 9.17) is 4.74 Å². The molecule has 0 radical (unpaired) electrons. The number of hydrogen-bond donors (Lipinski definition) is 0. The lowest BCUT2D eigenvalue weighted by Crippen LogP contribution is -2.37. The summed E-state index contributed by atoms with van der Waals surface area (Å²) in [5.41, 5.74) is 0. The smallest absolute Gasteiger partial charge is 0.309 e. The summed E-state index contributed by atoms with van der Waals surface area (Å²) in [6.07, 6.45) is 4.10. The molecule has 0 amide bonds. The first-order chi connectivity index (χ1) is 9.78. The second-order valence-electron chi connectivity index (χ2n) is 5.57. The molecule has 7 nitrogen and oxygen atoms in total. The van der Waals surface area contributed by atoms with E-state index in [0.29, 0.717) is 12.6 Å². The molecule has 0 aromatic carbocycles. The van der Waals surface area contributed by atoms with Gasteiger partial charge in [-0.2, -0.15) is 0 Å². The number of piperidine rings is 1. The van der Waals surface area contributed by atoms with Crippen LogP contribution in [0.3, 0.4) is 0 Å². The van der Waals surface area contributed by atoms with Gasteiger partial charge < -0.3 is 4.74 Å². The van der Waals surface area contributed by atoms with Crippen molar-refractivity contribution in [2.24, 2.45) is 5.92 Å². The van der Waals surface area contributed by atoms with Crippen molar-refractivity contribution in [3.63, 3.8) is 0 Å². The number of rotatable bonds is 5. The first kappa shape index (κ1) is 13.5. The van der Waals surface area contributed by atoms with E-state index in [1.165, 1.54) is 12.8 Å². The monoisotopic (exact) mass is 279 g/mol. The van der Waals surface area contributed by atoms with Gasteiger partial charge in [0.15, 0.2) is 5.82 Å². The van der Waals surface area contributed by atoms with Crippen LogP contribution in [0.2, 0.25) is 0 Å². The van der Waals surface area contributed by atoms with Gasteiger partial charge in [-0.3, -0.25) is 9.69 Å². The normalized spacial score (nSPS) is 21.1. The van der Waals surface area contributed by atoms with E-state index in [-0.39, 0.29) is 11.9 Å². The molecule has 0 N–H and O–H groups in total. The summed E-state index contributed by atoms with van der Waals surface area (Å²) >= 11 is 0. The first-order valence-corrected chi connectivity index (χ1v) is 7.43. The zero-order chi connectivity index (χ0) is 13.9. The number of carbonyl (C=O) groups excluding carboxylic acids is 1. The van der Waals surface area contributed by atoms with Crippen molar-refractivity contribution in [3.8, 4) is 0 Å². The molecule has 0 spiro atoms. The maximum atomic E-state index is 11.7. The lowest BCUT2D eigenvalue weighted by molar-refractivity contribution is -0.149. The molecule has 20 heavy (non-hydrogen) atoms. The molecule has 2 aliphatic rings. The summed E-state index contributed by atoms with van der Waals surface area (Å²) < 4.78 is 7.04. The minimum atomic E-state index is -0.0463. The molecule has 110 valence electrons. The second kappa shape index (κ2) is 5.87. The van der Waals surface area contributed by atoms with Crippen LogP contribution in [0.1, 0.15) is 44.5 Å². The fourth-order valence-electron chi connectivity index (χ4n) is 2.71. The number of tetrazole rings is 1. The summed E-state index contributed by atoms with van der Waals surface area (Å²) in [6.45, 7) is 4.90. The summed E-state index contributed by atoms with van der Waals surface area (Å²) in [5.74, 6) is 0.961. The van der Waals surface area contributed by atoms with Crippen LogP contribution in [0.4, 0.5) is 0 Å². The number of carbonyl (C=O) groups is 1. The fraction of sp³-hybridized carbons (Fsp3) is 0.846. The van der Waals surface area contributed by atoms with Gasteiger partial charge in [0.2, 0.25) is 0 Å². The van der Waals surface area contributed by atoms with Gasteiger partial charge in [-0.05, 0) is 56.1 Å². The molecule has 1 aliphatic heterocycles. The van der Waals surface area contributed by atoms with Crippen LogP contribution in [0, 0.1) is 5.92 Å². The average Bonchev–Trinajstić information content (AvgIpc) is 3.20. The van der Waals surface area contributed by atoms with Crippen molar-refractivity contribution in [1.82, 2.24) is 25.1 Å². The number of likely N-dealkylation sites (tertiary alicyclic amines) is 1. The van der Waals surface area contributed by atoms with Crippen LogP contribution < -0.4 is 0 Å². The summed E-state index contributed by atoms with van der Waals surface area (Å²) in [7, 11) is 0. The number of ether oxygens (including phenoxy) is 1. The minimum Gasteiger partial charge on any atom is -0.466 e. The van der Waals surface area contributed by atoms with Crippen LogP contribution in [0.15, 0.2) is 0 Å². The van der Waals surface area contributed by atoms with Crippen molar-refractivity contribution in [3.05, 3.63) is 5.82 Å². The molecule has 0 atom stereocenters. The molecule has 2 fully saturated rings. The summed E-state index contributed by atoms with van der Waals surface area (Å²) in [5, 5.41) is 12.0. The van der Waals surface area contributed by atoms with Crippen LogP contribution in [0.25, 0.3) is 0 Å². The molecule has 7 heteroatoms. The molecule has 1 aromatic rings. The maximum absolute atomic E-state index is 11.7. The highest BCUT2D eigenvalue weighted by Crippen LogP contribution is 2.34. The Morgan fingerprint density at radius 1 is 1.30 bits per heavy atom. The Kier molecular flexibility index (Phi) is 3.95. The Balaban J connectivity index is 1.51. The Labute approximate surface area is 118 Å². The van der Waals surface area contributed by atoms with Gasteiger partial charge in [0.05, 0.1) is 25.1 Å². The van der Waals surface area contributed by atoms with E-state index in [9.17, 15) is 4.79 Å². The van der Waals surface area contributed by atoms with Crippen molar-refractivity contribution in [2.45, 2.75) is 45.2 Å². The van der Waals surface area contributed by atoms with E-state index in [1.54, 1.807) is 0 Å². The maximum Gasteiger partial charge on any atom is 0.309 e. The Morgan fingerprint density at radius 3 is 2.70 bits per heavy atom. The zero-order valence-corrected chi connectivity index (χ0v) is 11.9. The van der Waals surface area contributed by atoms with Crippen molar-refractivity contribution in [1.29, 1.82) is 0 Å². The minimum absolute atomic E-state index is 0.0463. The molecule has 1 aromatic heterocycles. The van der Waals surface area contributed by atoms with Gasteiger partial charge in [0.1, 0.15) is 0 Å². The fourth-order valence-corrected chi connectivity index (χ4v) is 2.71. The second-order valence-corrected chi connectivity index (χ2v) is 5.57. The van der Waals surface area contributed by atoms with E-state index in [2.05, 4.69) is 20.4 Å². The lowest BCUT2D eigenvalue weighted by Gasteiger charge is -2.30. The highest BCUT2D eigenvalue weighted by molar-refractivity contribution is 5.72. The van der Waals surface area contributed by atoms with Crippen molar-refractivity contribution < 1.29 is 9.53 Å². The topological polar surface area (TPSA) is 73.1 Å². The Bertz CT molecular complexity index is 463. The third kappa shape index (κ3) is 2.98. The van der Waals surface area contributed by atoms with Crippen molar-refractivity contribution in [2.75, 3.05) is 19.7 Å². The first-order valence-electron chi connectivity index (χ1n) is 7.43. The van der Waals surface area contributed by atoms with E-state index in [0.717, 1.165) is 38.3 Å². The molecule has 1 saturated carbocycles. The molecule has 0 bridgehead atoms. The molecule has 1 aliphatic carbocycles. The molecule has 0 unspecified atom stereocenters. The van der Waals surface area contributed by atoms with Gasteiger partial charge in [-0.1, -0.05) is 0 Å². The third-order valence-corrected chi connectivity index (χ3v) is 4.03. The van der Waals surface area contributed by atoms with Crippen LogP contribution >= 0.6 is 0 Å². The van der Waals surface area contributed by atoms with Gasteiger partial charge in [-0.25, -0.2) is 4.68 Å². The predicted molar refractivity (Wildman–Crippen MR) is 70.7 cm³/mol. The van der Waals surface area contributed by atoms with E-state index >= 15 is 0 Å². The molecule has 1 saturated heterocycles. The molecule has 3 rings (SSSR count). The Hall–Kier alpha value is -1.50. The highest BCUT2D eigenvalue weighted by Gasteiger charge is 2.30. The third-order valence-electron chi connectivity index (χ3n) is 4.03. The van der Waals surface area contributed by atoms with Gasteiger partial charge >= 0.3 is 5.97 Å². The van der Waals surface area contributed by atoms with E-state index < -0.39 is 0 Å². The Morgan fingerprint density at radius 2 is 2.05 bits per heavy atom. The number of aromatic nitrogens is 4. The number of esters is 1. The van der Waals surface area contributed by atoms with Crippen LogP contribution in [-0.4, -0.2) is 50.8 Å². The van der Waals surface area contributed by atoms with Gasteiger partial charge in [0, 0.05) is 0 Å². The molecular weight excluding hydrogens is 258 g/mol. The van der Waals surface area contributed by atoms with Gasteiger partial charge in [-0.15, -0.1) is 5.10 Å². The zero-order valence-electron chi connectivity index (χ0n) is 11.9. The molecular formula is C13H21N5O2. The predicted octanol–water partition coefficient (Wildman–Crippen LogP) is 0.783. The van der Waals surface area contributed by atoms with Crippen LogP contribution in [-0.2, 0) is 16.1 Å². The summed E-state index contributed by atoms with van der Waals surface area (Å²) in [4.78, 5) is 14.0. The largest absolute Gasteiger partial charge is 0.466 e. The van der Waals surface area contributed by atoms with Crippen molar-refractivity contribution >= 4 is 5.97 Å². The van der Waals surface area contributed by atoms with E-state index in [1.807, 2.05) is 11.6 Å². The average molecular weight is 279 g/mol. The number of nitrogens with zero attached hydrogens (tertiary/aromatic N) is 5. The highest BCUT2D eigenvalue weighted by atomic mass is 16.5. The standard InChI is InChI=1S/C13H21N5O2/c1-2-20-13(19)10-5-7-17(8-6-10)9-12-14-15-16-18(12)11-3-4-11/h10-11H,2-9H2,1H3. The summed E-state index contributed by atoms with van der Waals surface area (Å²) in [6, 6.07) is 0.511. The quantitative estimate of drug-likeness (QED) is 0.742. The lowest BCUT2D eigenvalue weighted by atomic mass is 9.97. The van der Waals surface area contributed by atoms with Crippen LogP contribution in [0.5, 0.6) is 0 Å². The molecule has 2 heterocycles.